The molecule has 138 valence electrons. The van der Waals surface area contributed by atoms with E-state index in [2.05, 4.69) is 10.1 Å². The van der Waals surface area contributed by atoms with Gasteiger partial charge >= 0.3 is 0 Å². The van der Waals surface area contributed by atoms with Gasteiger partial charge in [-0.1, -0.05) is 11.6 Å². The van der Waals surface area contributed by atoms with E-state index < -0.39 is 10.0 Å². The predicted octanol–water partition coefficient (Wildman–Crippen LogP) is 4.39. The lowest BCUT2D eigenvalue weighted by Gasteiger charge is -2.32. The average Bonchev–Trinajstić information content (AvgIpc) is 3.36. The fourth-order valence-corrected chi connectivity index (χ4v) is 7.47. The third-order valence-corrected chi connectivity index (χ3v) is 8.97. The zero-order valence-electron chi connectivity index (χ0n) is 14.5. The summed E-state index contributed by atoms with van der Waals surface area (Å²) in [6.07, 6.45) is 4.45. The lowest BCUT2D eigenvalue weighted by Crippen LogP contribution is -2.38. The topological polar surface area (TPSA) is 76.3 Å². The highest BCUT2D eigenvalue weighted by Crippen LogP contribution is 2.40. The maximum absolute atomic E-state index is 13.3. The number of piperidine rings is 1. The van der Waals surface area contributed by atoms with E-state index in [4.69, 9.17) is 4.52 Å². The Hall–Kier alpha value is -1.55. The number of rotatable bonds is 4. The molecule has 9 heteroatoms. The first-order valence-corrected chi connectivity index (χ1v) is 11.6. The lowest BCUT2D eigenvalue weighted by molar-refractivity contribution is 0.256. The van der Waals surface area contributed by atoms with Gasteiger partial charge in [0.2, 0.25) is 0 Å². The molecule has 3 aromatic rings. The van der Waals surface area contributed by atoms with Crippen molar-refractivity contribution in [1.29, 1.82) is 0 Å². The van der Waals surface area contributed by atoms with Crippen LogP contribution in [-0.2, 0) is 10.0 Å². The molecule has 4 rings (SSSR count). The van der Waals surface area contributed by atoms with Gasteiger partial charge in [-0.05, 0) is 38.8 Å². The summed E-state index contributed by atoms with van der Waals surface area (Å²) in [5.74, 6) is 0.701. The van der Waals surface area contributed by atoms with E-state index in [1.807, 2.05) is 25.3 Å². The monoisotopic (exact) mass is 409 g/mol. The van der Waals surface area contributed by atoms with Crippen LogP contribution >= 0.6 is 22.7 Å². The van der Waals surface area contributed by atoms with Gasteiger partial charge < -0.3 is 4.52 Å². The minimum absolute atomic E-state index is 0.168. The predicted molar refractivity (Wildman–Crippen MR) is 102 cm³/mol. The Bertz CT molecular complexity index is 986. The molecule has 0 bridgehead atoms. The van der Waals surface area contributed by atoms with Gasteiger partial charge in [0.25, 0.3) is 10.0 Å². The van der Waals surface area contributed by atoms with Gasteiger partial charge in [0.05, 0.1) is 17.3 Å². The molecule has 1 aliphatic heterocycles. The van der Waals surface area contributed by atoms with E-state index in [1.165, 1.54) is 22.7 Å². The number of nitrogens with zero attached hydrogens (tertiary/aromatic N) is 3. The molecular formula is C17H19N3O3S3. The molecule has 1 aliphatic rings. The summed E-state index contributed by atoms with van der Waals surface area (Å²) in [6, 6.07) is 3.36. The maximum Gasteiger partial charge on any atom is 0.253 e. The standard InChI is InChI=1S/C17H19N3O3S3/c1-11-16(12(2)23-19-11)14-6-7-15(25-14)26(21,22)20-9-4-3-5-13(20)17-18-8-10-24-17/h6-8,10,13H,3-5,9H2,1-2H3. The molecule has 0 aliphatic carbocycles. The van der Waals surface area contributed by atoms with Crippen LogP contribution in [0.1, 0.15) is 41.8 Å². The van der Waals surface area contributed by atoms with E-state index in [-0.39, 0.29) is 6.04 Å². The second-order valence-electron chi connectivity index (χ2n) is 6.32. The fourth-order valence-electron chi connectivity index (χ4n) is 3.38. The van der Waals surface area contributed by atoms with Crippen LogP contribution in [0.5, 0.6) is 0 Å². The Balaban J connectivity index is 1.70. The molecule has 26 heavy (non-hydrogen) atoms. The summed E-state index contributed by atoms with van der Waals surface area (Å²) in [6.45, 7) is 4.24. The highest BCUT2D eigenvalue weighted by molar-refractivity contribution is 7.91. The van der Waals surface area contributed by atoms with Crippen molar-refractivity contribution >= 4 is 32.7 Å². The van der Waals surface area contributed by atoms with Crippen molar-refractivity contribution in [1.82, 2.24) is 14.4 Å². The van der Waals surface area contributed by atoms with Gasteiger partial charge in [-0.15, -0.1) is 22.7 Å². The third-order valence-electron chi connectivity index (χ3n) is 4.61. The van der Waals surface area contributed by atoms with Crippen molar-refractivity contribution in [3.63, 3.8) is 0 Å². The minimum atomic E-state index is -3.57. The third kappa shape index (κ3) is 3.02. The summed E-state index contributed by atoms with van der Waals surface area (Å²) in [4.78, 5) is 5.23. The molecule has 3 aromatic heterocycles. The van der Waals surface area contributed by atoms with Gasteiger partial charge in [-0.3, -0.25) is 0 Å². The Morgan fingerprint density at radius 1 is 1.27 bits per heavy atom. The number of aromatic nitrogens is 2. The number of hydrogen-bond donors (Lipinski definition) is 0. The van der Waals surface area contributed by atoms with Crippen LogP contribution in [0.15, 0.2) is 32.4 Å². The highest BCUT2D eigenvalue weighted by atomic mass is 32.2. The smallest absolute Gasteiger partial charge is 0.253 e. The average molecular weight is 410 g/mol. The number of hydrogen-bond acceptors (Lipinski definition) is 7. The van der Waals surface area contributed by atoms with Crippen molar-refractivity contribution in [2.24, 2.45) is 0 Å². The first-order valence-electron chi connectivity index (χ1n) is 8.43. The van der Waals surface area contributed by atoms with E-state index in [9.17, 15) is 8.42 Å². The van der Waals surface area contributed by atoms with Crippen LogP contribution in [0.4, 0.5) is 0 Å². The summed E-state index contributed by atoms with van der Waals surface area (Å²) < 4.78 is 33.8. The summed E-state index contributed by atoms with van der Waals surface area (Å²) in [7, 11) is -3.57. The van der Waals surface area contributed by atoms with Crippen molar-refractivity contribution < 1.29 is 12.9 Å². The van der Waals surface area contributed by atoms with Crippen LogP contribution in [0.2, 0.25) is 0 Å². The molecule has 0 saturated carbocycles. The Morgan fingerprint density at radius 3 is 2.81 bits per heavy atom. The van der Waals surface area contributed by atoms with E-state index in [0.29, 0.717) is 16.5 Å². The van der Waals surface area contributed by atoms with Crippen molar-refractivity contribution in [3.05, 3.63) is 40.2 Å². The summed E-state index contributed by atoms with van der Waals surface area (Å²) >= 11 is 2.79. The first-order chi connectivity index (χ1) is 12.5. The minimum Gasteiger partial charge on any atom is -0.361 e. The van der Waals surface area contributed by atoms with Gasteiger partial charge in [-0.25, -0.2) is 13.4 Å². The van der Waals surface area contributed by atoms with E-state index in [0.717, 1.165) is 40.4 Å². The molecule has 1 fully saturated rings. The molecule has 0 spiro atoms. The van der Waals surface area contributed by atoms with Gasteiger partial charge in [-0.2, -0.15) is 4.31 Å². The van der Waals surface area contributed by atoms with Gasteiger partial charge in [0.15, 0.2) is 0 Å². The van der Waals surface area contributed by atoms with Gasteiger partial charge in [0.1, 0.15) is 15.0 Å². The molecule has 0 aromatic carbocycles. The molecule has 0 N–H and O–H groups in total. The molecular weight excluding hydrogens is 390 g/mol. The molecule has 6 nitrogen and oxygen atoms in total. The van der Waals surface area contributed by atoms with E-state index >= 15 is 0 Å². The second-order valence-corrected chi connectivity index (χ2v) is 10.4. The van der Waals surface area contributed by atoms with Crippen LogP contribution in [-0.4, -0.2) is 29.4 Å². The molecule has 1 unspecified atom stereocenters. The molecule has 0 radical (unpaired) electrons. The maximum atomic E-state index is 13.3. The van der Waals surface area contributed by atoms with E-state index in [1.54, 1.807) is 16.6 Å². The van der Waals surface area contributed by atoms with Crippen LogP contribution in [0, 0.1) is 13.8 Å². The molecule has 0 amide bonds. The normalized spacial score (nSPS) is 19.1. The first kappa shape index (κ1) is 17.8. The highest BCUT2D eigenvalue weighted by Gasteiger charge is 2.36. The molecule has 4 heterocycles. The van der Waals surface area contributed by atoms with Crippen molar-refractivity contribution in [3.8, 4) is 10.4 Å². The van der Waals surface area contributed by atoms with Crippen molar-refractivity contribution in [2.45, 2.75) is 43.4 Å². The largest absolute Gasteiger partial charge is 0.361 e. The zero-order chi connectivity index (χ0) is 18.3. The number of thiophene rings is 1. The molecule has 1 saturated heterocycles. The number of sulfonamides is 1. The molecule has 1 atom stereocenters. The van der Waals surface area contributed by atoms with Gasteiger partial charge in [0, 0.05) is 23.0 Å². The number of thiazole rings is 1. The number of aryl methyl sites for hydroxylation is 2. The second kappa shape index (κ2) is 6.88. The SMILES string of the molecule is Cc1noc(C)c1-c1ccc(S(=O)(=O)N2CCCCC2c2nccs2)s1. The fraction of sp³-hybridized carbons (Fsp3) is 0.412. The van der Waals surface area contributed by atoms with Crippen LogP contribution in [0.3, 0.4) is 0 Å². The van der Waals surface area contributed by atoms with Crippen LogP contribution < -0.4 is 0 Å². The summed E-state index contributed by atoms with van der Waals surface area (Å²) in [5, 5.41) is 6.73. The Morgan fingerprint density at radius 2 is 2.12 bits per heavy atom. The zero-order valence-corrected chi connectivity index (χ0v) is 17.0. The lowest BCUT2D eigenvalue weighted by atomic mass is 10.1. The Kier molecular flexibility index (Phi) is 4.72. The van der Waals surface area contributed by atoms with Crippen molar-refractivity contribution in [2.75, 3.05) is 6.54 Å². The Labute approximate surface area is 160 Å². The quantitative estimate of drug-likeness (QED) is 0.639. The summed E-state index contributed by atoms with van der Waals surface area (Å²) in [5.41, 5.74) is 1.65. The van der Waals surface area contributed by atoms with Crippen LogP contribution in [0.25, 0.3) is 10.4 Å².